The summed E-state index contributed by atoms with van der Waals surface area (Å²) in [6, 6.07) is 12.7. The molecule has 3 aromatic carbocycles. The second kappa shape index (κ2) is 10.4. The van der Waals surface area contributed by atoms with E-state index >= 15 is 0 Å². The lowest BCUT2D eigenvalue weighted by Gasteiger charge is -2.13. The molecule has 0 bridgehead atoms. The summed E-state index contributed by atoms with van der Waals surface area (Å²) in [4.78, 5) is 28.2. The number of aryl methyl sites for hydroxylation is 1. The van der Waals surface area contributed by atoms with E-state index in [9.17, 15) is 14.7 Å². The second-order valence-corrected chi connectivity index (χ2v) is 10.6. The highest BCUT2D eigenvalue weighted by atomic mass is 79.9. The Morgan fingerprint density at radius 1 is 1.03 bits per heavy atom. The number of alkyl halides is 1. The lowest BCUT2D eigenvalue weighted by atomic mass is 9.93. The first-order valence-corrected chi connectivity index (χ1v) is 13.6. The molecule has 1 aliphatic heterocycles. The Morgan fingerprint density at radius 2 is 1.78 bits per heavy atom. The number of phenolic OH excluding ortho intramolecular Hbond substituents is 1. The van der Waals surface area contributed by atoms with Crippen LogP contribution >= 0.6 is 27.5 Å². The first-order valence-electron chi connectivity index (χ1n) is 12.1. The van der Waals surface area contributed by atoms with Crippen LogP contribution in [0.3, 0.4) is 0 Å². The molecule has 4 aromatic rings. The van der Waals surface area contributed by atoms with Crippen LogP contribution in [-0.2, 0) is 6.54 Å². The fraction of sp³-hybridized carbons (Fsp3) is 0.286. The summed E-state index contributed by atoms with van der Waals surface area (Å²) >= 11 is 10.1. The van der Waals surface area contributed by atoms with Crippen LogP contribution in [0.1, 0.15) is 33.6 Å². The molecule has 2 N–H and O–H groups in total. The van der Waals surface area contributed by atoms with E-state index in [0.717, 1.165) is 35.7 Å². The molecule has 0 fully saturated rings. The van der Waals surface area contributed by atoms with Crippen molar-refractivity contribution in [1.82, 2.24) is 14.8 Å². The molecule has 0 atom stereocenters. The zero-order valence-corrected chi connectivity index (χ0v) is 22.9. The Balaban J connectivity index is 1.78. The zero-order valence-electron chi connectivity index (χ0n) is 20.6. The van der Waals surface area contributed by atoms with Gasteiger partial charge in [-0.05, 0) is 50.7 Å². The lowest BCUT2D eigenvalue weighted by molar-refractivity contribution is 0.0880. The van der Waals surface area contributed by atoms with Crippen LogP contribution in [0.5, 0.6) is 11.5 Å². The van der Waals surface area contributed by atoms with E-state index in [1.165, 1.54) is 0 Å². The van der Waals surface area contributed by atoms with E-state index in [-0.39, 0.29) is 5.75 Å². The van der Waals surface area contributed by atoms with Gasteiger partial charge in [-0.15, -0.1) is 0 Å². The number of carbonyl (C=O) groups excluding carboxylic acids is 2. The molecule has 192 valence electrons. The average molecular weight is 585 g/mol. The number of phenols is 1. The number of amides is 2. The highest BCUT2D eigenvalue weighted by Gasteiger charge is 2.35. The number of rotatable bonds is 9. The fourth-order valence-corrected chi connectivity index (χ4v) is 5.47. The van der Waals surface area contributed by atoms with Crippen molar-refractivity contribution in [2.45, 2.75) is 19.4 Å². The molecule has 1 aromatic heterocycles. The minimum atomic E-state index is -0.457. The molecule has 5 rings (SSSR count). The molecule has 0 saturated heterocycles. The molecular weight excluding hydrogens is 558 g/mol. The molecule has 9 heteroatoms. The smallest absolute Gasteiger partial charge is 0.259 e. The summed E-state index contributed by atoms with van der Waals surface area (Å²) in [6.45, 7) is 1.99. The first-order chi connectivity index (χ1) is 17.8. The Bertz CT molecular complexity index is 1550. The first kappa shape index (κ1) is 25.6. The number of imide groups is 1. The van der Waals surface area contributed by atoms with Gasteiger partial charge in [-0.2, -0.15) is 0 Å². The summed E-state index contributed by atoms with van der Waals surface area (Å²) < 4.78 is 8.06. The molecule has 7 nitrogen and oxygen atoms in total. The van der Waals surface area contributed by atoms with Gasteiger partial charge in [0.05, 0.1) is 28.8 Å². The van der Waals surface area contributed by atoms with Gasteiger partial charge in [0.2, 0.25) is 0 Å². The van der Waals surface area contributed by atoms with E-state index < -0.39 is 11.8 Å². The number of aromatic nitrogens is 1. The van der Waals surface area contributed by atoms with Crippen molar-refractivity contribution in [3.63, 3.8) is 0 Å². The van der Waals surface area contributed by atoms with Crippen LogP contribution < -0.4 is 10.1 Å². The Hall–Kier alpha value is -3.07. The van der Waals surface area contributed by atoms with Gasteiger partial charge < -0.3 is 19.3 Å². The minimum Gasteiger partial charge on any atom is -0.504 e. The van der Waals surface area contributed by atoms with E-state index in [1.54, 1.807) is 12.1 Å². The van der Waals surface area contributed by atoms with Gasteiger partial charge in [0.15, 0.2) is 11.5 Å². The number of benzene rings is 3. The summed E-state index contributed by atoms with van der Waals surface area (Å²) in [5.74, 6) is -0.534. The fourth-order valence-electron chi connectivity index (χ4n) is 4.99. The van der Waals surface area contributed by atoms with Crippen LogP contribution in [-0.4, -0.2) is 59.0 Å². The number of nitrogens with one attached hydrogen (secondary N) is 1. The van der Waals surface area contributed by atoms with E-state index in [4.69, 9.17) is 16.3 Å². The highest BCUT2D eigenvalue weighted by molar-refractivity contribution is 9.09. The number of aromatic hydroxyl groups is 1. The largest absolute Gasteiger partial charge is 0.504 e. The SMILES string of the molecule is CN(C)CCCOc1cc2c(cc1O)c1c3c(c(-c4ccccc4Cl)cc1n2CCCBr)C(=O)NC3=O. The number of halogens is 2. The van der Waals surface area contributed by atoms with Crippen molar-refractivity contribution in [2.75, 3.05) is 32.6 Å². The van der Waals surface area contributed by atoms with Gasteiger partial charge in [-0.25, -0.2) is 0 Å². The van der Waals surface area contributed by atoms with Crippen LogP contribution in [0, 0.1) is 0 Å². The maximum absolute atomic E-state index is 13.1. The molecular formula is C28H27BrClN3O4. The Morgan fingerprint density at radius 3 is 2.51 bits per heavy atom. The van der Waals surface area contributed by atoms with E-state index in [1.807, 2.05) is 44.4 Å². The number of carbonyl (C=O) groups is 2. The van der Waals surface area contributed by atoms with E-state index in [2.05, 4.69) is 30.7 Å². The Kier molecular flexibility index (Phi) is 7.16. The molecule has 2 heterocycles. The number of nitrogens with zero attached hydrogens (tertiary/aromatic N) is 2. The summed E-state index contributed by atoms with van der Waals surface area (Å²) in [6.07, 6.45) is 1.65. The minimum absolute atomic E-state index is 0.00874. The van der Waals surface area contributed by atoms with Crippen molar-refractivity contribution in [1.29, 1.82) is 0 Å². The molecule has 0 unspecified atom stereocenters. The predicted octanol–water partition coefficient (Wildman–Crippen LogP) is 5.82. The van der Waals surface area contributed by atoms with Crippen molar-refractivity contribution in [3.8, 4) is 22.6 Å². The topological polar surface area (TPSA) is 83.8 Å². The van der Waals surface area contributed by atoms with Crippen molar-refractivity contribution < 1.29 is 19.4 Å². The number of hydrogen-bond acceptors (Lipinski definition) is 5. The normalized spacial score (nSPS) is 13.1. The Labute approximate surface area is 228 Å². The third-order valence-electron chi connectivity index (χ3n) is 6.60. The maximum atomic E-state index is 13.1. The number of ether oxygens (including phenoxy) is 1. The molecule has 2 amide bonds. The van der Waals surface area contributed by atoms with Gasteiger partial charge in [0, 0.05) is 45.8 Å². The van der Waals surface area contributed by atoms with E-state index in [0.29, 0.717) is 57.0 Å². The lowest BCUT2D eigenvalue weighted by Crippen LogP contribution is -2.20. The highest BCUT2D eigenvalue weighted by Crippen LogP contribution is 2.44. The number of hydrogen-bond donors (Lipinski definition) is 2. The molecule has 0 aliphatic carbocycles. The maximum Gasteiger partial charge on any atom is 0.259 e. The standard InChI is InChI=1S/C28H27BrClN3O4/c1-32(2)10-6-12-37-23-15-20-18(14-22(23)34)24-21(33(20)11-5-9-29)13-17(16-7-3-4-8-19(16)30)25-26(24)28(36)31-27(25)35/h3-4,7-8,13-15,34H,5-6,9-12H2,1-2H3,(H,31,35,36). The van der Waals surface area contributed by atoms with Gasteiger partial charge in [-0.1, -0.05) is 45.7 Å². The average Bonchev–Trinajstić information content (AvgIpc) is 3.32. The zero-order chi connectivity index (χ0) is 26.3. The van der Waals surface area contributed by atoms with Crippen LogP contribution in [0.2, 0.25) is 5.02 Å². The third kappa shape index (κ3) is 4.58. The molecule has 0 saturated carbocycles. The van der Waals surface area contributed by atoms with Crippen LogP contribution in [0.4, 0.5) is 0 Å². The van der Waals surface area contributed by atoms with Crippen molar-refractivity contribution in [2.24, 2.45) is 0 Å². The third-order valence-corrected chi connectivity index (χ3v) is 7.49. The van der Waals surface area contributed by atoms with Crippen molar-refractivity contribution >= 4 is 61.2 Å². The summed E-state index contributed by atoms with van der Waals surface area (Å²) in [7, 11) is 4.00. The van der Waals surface area contributed by atoms with Crippen molar-refractivity contribution in [3.05, 3.63) is 58.6 Å². The number of fused-ring (bicyclic) bond motifs is 5. The monoisotopic (exact) mass is 583 g/mol. The summed E-state index contributed by atoms with van der Waals surface area (Å²) in [5, 5.41) is 15.9. The van der Waals surface area contributed by atoms with Gasteiger partial charge in [0.25, 0.3) is 11.8 Å². The second-order valence-electron chi connectivity index (χ2n) is 9.37. The van der Waals surface area contributed by atoms with Gasteiger partial charge >= 0.3 is 0 Å². The van der Waals surface area contributed by atoms with Gasteiger partial charge in [-0.3, -0.25) is 14.9 Å². The van der Waals surface area contributed by atoms with Crippen LogP contribution in [0.15, 0.2) is 42.5 Å². The molecule has 37 heavy (non-hydrogen) atoms. The molecule has 0 radical (unpaired) electrons. The quantitative estimate of drug-likeness (QED) is 0.147. The van der Waals surface area contributed by atoms with Crippen LogP contribution in [0.25, 0.3) is 32.9 Å². The molecule has 1 aliphatic rings. The summed E-state index contributed by atoms with van der Waals surface area (Å²) in [5.41, 5.74) is 3.49. The molecule has 0 spiro atoms. The van der Waals surface area contributed by atoms with Gasteiger partial charge in [0.1, 0.15) is 0 Å². The predicted molar refractivity (Wildman–Crippen MR) is 150 cm³/mol.